The fourth-order valence-electron chi connectivity index (χ4n) is 4.42. The van der Waals surface area contributed by atoms with Gasteiger partial charge in [-0.05, 0) is 60.7 Å². The second-order valence-electron chi connectivity index (χ2n) is 8.17. The van der Waals surface area contributed by atoms with E-state index in [0.29, 0.717) is 13.1 Å². The second kappa shape index (κ2) is 8.29. The Morgan fingerprint density at radius 1 is 0.968 bits per heavy atom. The third kappa shape index (κ3) is 4.27. The summed E-state index contributed by atoms with van der Waals surface area (Å²) in [6.45, 7) is 7.38. The van der Waals surface area contributed by atoms with Crippen LogP contribution in [-0.4, -0.2) is 19.2 Å². The van der Waals surface area contributed by atoms with E-state index in [1.54, 1.807) is 18.2 Å². The van der Waals surface area contributed by atoms with E-state index >= 15 is 0 Å². The molecule has 1 amide bonds. The number of hydrogen-bond donors (Lipinski definition) is 1. The van der Waals surface area contributed by atoms with Gasteiger partial charge in [-0.15, -0.1) is 0 Å². The van der Waals surface area contributed by atoms with Crippen LogP contribution in [0.3, 0.4) is 0 Å². The molecule has 0 aliphatic carbocycles. The molecule has 3 aromatic rings. The van der Waals surface area contributed by atoms with E-state index in [-0.39, 0.29) is 4.90 Å². The highest BCUT2D eigenvalue weighted by Crippen LogP contribution is 2.36. The summed E-state index contributed by atoms with van der Waals surface area (Å²) in [5.74, 6) is -0.531. The van der Waals surface area contributed by atoms with E-state index in [1.165, 1.54) is 34.4 Å². The molecular weight excluding hydrogens is 408 g/mol. The van der Waals surface area contributed by atoms with Gasteiger partial charge in [-0.2, -0.15) is 0 Å². The molecule has 4 rings (SSSR count). The van der Waals surface area contributed by atoms with E-state index in [9.17, 15) is 13.2 Å². The minimum atomic E-state index is -3.94. The van der Waals surface area contributed by atoms with Crippen LogP contribution in [0.25, 0.3) is 0 Å². The maximum atomic E-state index is 13.3. The number of carbonyl (C=O) groups is 1. The number of fused-ring (bicyclic) bond motifs is 1. The smallest absolute Gasteiger partial charge is 0.264 e. The number of nitrogens with one attached hydrogen (secondary N) is 1. The minimum Gasteiger partial charge on any atom is -0.280 e. The Labute approximate surface area is 183 Å². The van der Waals surface area contributed by atoms with Crippen molar-refractivity contribution in [3.8, 4) is 0 Å². The van der Waals surface area contributed by atoms with Crippen LogP contribution in [0.1, 0.15) is 39.4 Å². The fourth-order valence-corrected chi connectivity index (χ4v) is 5.42. The molecule has 0 saturated heterocycles. The molecule has 5 nitrogen and oxygen atoms in total. The minimum absolute atomic E-state index is 0.0754. The lowest BCUT2D eigenvalue weighted by atomic mass is 9.99. The van der Waals surface area contributed by atoms with Crippen LogP contribution in [0.5, 0.6) is 0 Å². The molecule has 0 spiro atoms. The van der Waals surface area contributed by atoms with Crippen molar-refractivity contribution in [3.05, 3.63) is 100 Å². The van der Waals surface area contributed by atoms with Crippen molar-refractivity contribution < 1.29 is 13.2 Å². The van der Waals surface area contributed by atoms with Gasteiger partial charge in [0, 0.05) is 13.1 Å². The Morgan fingerprint density at radius 3 is 2.26 bits per heavy atom. The zero-order chi connectivity index (χ0) is 22.2. The van der Waals surface area contributed by atoms with Crippen LogP contribution < -0.4 is 4.72 Å². The van der Waals surface area contributed by atoms with Crippen molar-refractivity contribution in [2.45, 2.75) is 44.8 Å². The molecule has 0 fully saturated rings. The Balaban J connectivity index is 1.67. The molecule has 31 heavy (non-hydrogen) atoms. The van der Waals surface area contributed by atoms with Crippen LogP contribution in [0.15, 0.2) is 71.6 Å². The van der Waals surface area contributed by atoms with Gasteiger partial charge in [-0.25, -0.2) is 13.1 Å². The highest BCUT2D eigenvalue weighted by molar-refractivity contribution is 7.90. The van der Waals surface area contributed by atoms with Gasteiger partial charge in [0.05, 0.1) is 4.90 Å². The Hall–Kier alpha value is -2.96. The number of carbonyl (C=O) groups excluding carboxylic acids is 1. The molecule has 1 heterocycles. The van der Waals surface area contributed by atoms with Crippen molar-refractivity contribution in [2.75, 3.05) is 0 Å². The molecule has 160 valence electrons. The summed E-state index contributed by atoms with van der Waals surface area (Å²) in [4.78, 5) is 15.4. The molecule has 1 N–H and O–H groups in total. The molecule has 0 aromatic heterocycles. The van der Waals surface area contributed by atoms with Gasteiger partial charge in [-0.1, -0.05) is 60.2 Å². The quantitative estimate of drug-likeness (QED) is 0.654. The van der Waals surface area contributed by atoms with E-state index in [4.69, 9.17) is 0 Å². The van der Waals surface area contributed by atoms with Crippen LogP contribution in [0.2, 0.25) is 0 Å². The normalized spacial score (nSPS) is 16.2. The molecule has 0 radical (unpaired) electrons. The molecule has 1 aliphatic heterocycles. The Kier molecular flexibility index (Phi) is 5.69. The first-order valence-corrected chi connectivity index (χ1v) is 11.7. The summed E-state index contributed by atoms with van der Waals surface area (Å²) in [6.07, 6.45) is 0. The first-order chi connectivity index (χ1) is 14.8. The standard InChI is InChI=1S/C25H26N2O3S/c1-17-13-18(2)23(19(3)14-17)16-27-15-20-9-7-8-12-22(20)24(27)25(28)26-31(29,30)21-10-5-4-6-11-21/h4-14,24H,15-16H2,1-3H3,(H,26,28). The van der Waals surface area contributed by atoms with Gasteiger partial charge in [-0.3, -0.25) is 9.69 Å². The number of amides is 1. The molecular formula is C25H26N2O3S. The highest BCUT2D eigenvalue weighted by atomic mass is 32.2. The van der Waals surface area contributed by atoms with E-state index in [1.807, 2.05) is 29.2 Å². The number of benzene rings is 3. The lowest BCUT2D eigenvalue weighted by Gasteiger charge is -2.26. The predicted octanol–water partition coefficient (Wildman–Crippen LogP) is 4.17. The van der Waals surface area contributed by atoms with Crippen molar-refractivity contribution >= 4 is 15.9 Å². The lowest BCUT2D eigenvalue weighted by molar-refractivity contribution is -0.124. The largest absolute Gasteiger partial charge is 0.280 e. The van der Waals surface area contributed by atoms with Gasteiger partial charge in [0.15, 0.2) is 0 Å². The van der Waals surface area contributed by atoms with Crippen LogP contribution in [-0.2, 0) is 27.9 Å². The van der Waals surface area contributed by atoms with Gasteiger partial charge in [0.25, 0.3) is 15.9 Å². The third-order valence-corrected chi connectivity index (χ3v) is 7.19. The zero-order valence-corrected chi connectivity index (χ0v) is 18.7. The molecule has 1 unspecified atom stereocenters. The fraction of sp³-hybridized carbons (Fsp3) is 0.240. The van der Waals surface area contributed by atoms with Gasteiger partial charge in [0.2, 0.25) is 0 Å². The van der Waals surface area contributed by atoms with Gasteiger partial charge < -0.3 is 0 Å². The second-order valence-corrected chi connectivity index (χ2v) is 9.85. The average molecular weight is 435 g/mol. The number of rotatable bonds is 5. The summed E-state index contributed by atoms with van der Waals surface area (Å²) >= 11 is 0. The SMILES string of the molecule is Cc1cc(C)c(CN2Cc3ccccc3C2C(=O)NS(=O)(=O)c2ccccc2)c(C)c1. The van der Waals surface area contributed by atoms with E-state index < -0.39 is 22.0 Å². The number of aryl methyl sites for hydroxylation is 3. The van der Waals surface area contributed by atoms with Crippen LogP contribution >= 0.6 is 0 Å². The van der Waals surface area contributed by atoms with Crippen molar-refractivity contribution in [1.29, 1.82) is 0 Å². The third-order valence-electron chi connectivity index (χ3n) is 5.83. The van der Waals surface area contributed by atoms with Gasteiger partial charge >= 0.3 is 0 Å². The number of hydrogen-bond acceptors (Lipinski definition) is 4. The zero-order valence-electron chi connectivity index (χ0n) is 17.9. The molecule has 0 bridgehead atoms. The summed E-state index contributed by atoms with van der Waals surface area (Å²) in [5, 5.41) is 0. The van der Waals surface area contributed by atoms with Crippen molar-refractivity contribution in [2.24, 2.45) is 0 Å². The van der Waals surface area contributed by atoms with E-state index in [0.717, 1.165) is 11.1 Å². The first-order valence-electron chi connectivity index (χ1n) is 10.3. The average Bonchev–Trinajstić information content (AvgIpc) is 3.09. The highest BCUT2D eigenvalue weighted by Gasteiger charge is 2.37. The molecule has 1 aliphatic rings. The predicted molar refractivity (Wildman–Crippen MR) is 121 cm³/mol. The number of nitrogens with zero attached hydrogens (tertiary/aromatic N) is 1. The molecule has 0 saturated carbocycles. The molecule has 3 aromatic carbocycles. The summed E-state index contributed by atoms with van der Waals surface area (Å²) in [7, 11) is -3.94. The summed E-state index contributed by atoms with van der Waals surface area (Å²) in [6, 6.07) is 19.3. The van der Waals surface area contributed by atoms with Gasteiger partial charge in [0.1, 0.15) is 6.04 Å². The topological polar surface area (TPSA) is 66.5 Å². The monoisotopic (exact) mass is 434 g/mol. The lowest BCUT2D eigenvalue weighted by Crippen LogP contribution is -2.39. The van der Waals surface area contributed by atoms with Crippen LogP contribution in [0.4, 0.5) is 0 Å². The van der Waals surface area contributed by atoms with Crippen LogP contribution in [0, 0.1) is 20.8 Å². The maximum absolute atomic E-state index is 13.3. The molecule has 1 atom stereocenters. The summed E-state index contributed by atoms with van der Waals surface area (Å²) < 4.78 is 27.8. The molecule has 6 heteroatoms. The Morgan fingerprint density at radius 2 is 1.58 bits per heavy atom. The first kappa shape index (κ1) is 21.3. The number of sulfonamides is 1. The van der Waals surface area contributed by atoms with Crippen molar-refractivity contribution in [3.63, 3.8) is 0 Å². The maximum Gasteiger partial charge on any atom is 0.264 e. The Bertz CT molecular complexity index is 1210. The van der Waals surface area contributed by atoms with E-state index in [2.05, 4.69) is 37.6 Å². The van der Waals surface area contributed by atoms with Crippen molar-refractivity contribution in [1.82, 2.24) is 9.62 Å². The summed E-state index contributed by atoms with van der Waals surface area (Å²) in [5.41, 5.74) is 6.61.